The van der Waals surface area contributed by atoms with Gasteiger partial charge in [0.25, 0.3) is 5.91 Å². The van der Waals surface area contributed by atoms with E-state index in [1.165, 1.54) is 0 Å². The largest absolute Gasteiger partial charge is 0.494 e. The average Bonchev–Trinajstić information content (AvgIpc) is 3.39. The third-order valence-electron chi connectivity index (χ3n) is 4.92. The Morgan fingerprint density at radius 1 is 1.14 bits per heavy atom. The van der Waals surface area contributed by atoms with Gasteiger partial charge in [0.2, 0.25) is 0 Å². The molecular weight excluding hydrogens is 354 g/mol. The van der Waals surface area contributed by atoms with Gasteiger partial charge in [-0.3, -0.25) is 9.78 Å². The first-order valence-corrected chi connectivity index (χ1v) is 9.66. The summed E-state index contributed by atoms with van der Waals surface area (Å²) in [5.74, 6) is 0.604. The van der Waals surface area contributed by atoms with E-state index in [0.29, 0.717) is 18.0 Å². The van der Waals surface area contributed by atoms with Crippen LogP contribution >= 0.6 is 0 Å². The lowest BCUT2D eigenvalue weighted by Gasteiger charge is -2.12. The van der Waals surface area contributed by atoms with E-state index >= 15 is 0 Å². The maximum atomic E-state index is 12.9. The number of pyridine rings is 1. The fourth-order valence-corrected chi connectivity index (χ4v) is 3.56. The lowest BCUT2D eigenvalue weighted by Crippen LogP contribution is -2.33. The minimum atomic E-state index is -0.184. The van der Waals surface area contributed by atoms with E-state index in [-0.39, 0.29) is 11.9 Å². The van der Waals surface area contributed by atoms with E-state index in [2.05, 4.69) is 20.6 Å². The molecule has 0 aliphatic heterocycles. The Kier molecular flexibility index (Phi) is 5.32. The summed E-state index contributed by atoms with van der Waals surface area (Å²) in [5, 5.41) is 11.6. The van der Waals surface area contributed by atoms with E-state index in [9.17, 15) is 4.79 Å². The fourth-order valence-electron chi connectivity index (χ4n) is 3.56. The highest BCUT2D eigenvalue weighted by Gasteiger charge is 2.25. The first kappa shape index (κ1) is 18.2. The van der Waals surface area contributed by atoms with E-state index in [0.717, 1.165) is 42.7 Å². The van der Waals surface area contributed by atoms with Gasteiger partial charge < -0.3 is 10.1 Å². The molecule has 0 radical (unpaired) electrons. The highest BCUT2D eigenvalue weighted by molar-refractivity contribution is 5.98. The molecule has 0 bridgehead atoms. The molecule has 0 saturated heterocycles. The molecule has 1 saturated carbocycles. The van der Waals surface area contributed by atoms with Crippen molar-refractivity contribution in [1.82, 2.24) is 25.3 Å². The molecule has 1 N–H and O–H groups in total. The van der Waals surface area contributed by atoms with Crippen molar-refractivity contribution in [3.63, 3.8) is 0 Å². The predicted molar refractivity (Wildman–Crippen MR) is 105 cm³/mol. The summed E-state index contributed by atoms with van der Waals surface area (Å²) in [6.45, 7) is 2.55. The van der Waals surface area contributed by atoms with Crippen molar-refractivity contribution in [2.45, 2.75) is 38.6 Å². The van der Waals surface area contributed by atoms with Gasteiger partial charge in [-0.25, -0.2) is 4.68 Å². The number of carbonyl (C=O) groups is 1. The van der Waals surface area contributed by atoms with Gasteiger partial charge in [0.15, 0.2) is 5.69 Å². The van der Waals surface area contributed by atoms with E-state index < -0.39 is 0 Å². The molecule has 1 aliphatic carbocycles. The number of nitrogens with one attached hydrogen (secondary N) is 1. The molecule has 4 rings (SSSR count). The van der Waals surface area contributed by atoms with Crippen LogP contribution in [0.2, 0.25) is 0 Å². The van der Waals surface area contributed by atoms with E-state index in [4.69, 9.17) is 4.74 Å². The highest BCUT2D eigenvalue weighted by Crippen LogP contribution is 2.26. The molecule has 1 amide bonds. The summed E-state index contributed by atoms with van der Waals surface area (Å²) in [5.41, 5.74) is 2.63. The van der Waals surface area contributed by atoms with Crippen molar-refractivity contribution in [3.05, 3.63) is 54.5 Å². The van der Waals surface area contributed by atoms with Gasteiger partial charge in [-0.15, -0.1) is 5.10 Å². The molecular formula is C21H23N5O2. The predicted octanol–water partition coefficient (Wildman–Crippen LogP) is 3.40. The standard InChI is InChI=1S/C21H23N5O2/c1-2-28-18-9-7-17(8-10-18)26-20(15-11-13-22-14-12-15)19(24-25-26)21(27)23-16-5-3-4-6-16/h7-14,16H,2-6H2,1H3,(H,23,27). The van der Waals surface area contributed by atoms with Crippen molar-refractivity contribution in [3.8, 4) is 22.7 Å². The smallest absolute Gasteiger partial charge is 0.274 e. The average molecular weight is 377 g/mol. The van der Waals surface area contributed by atoms with Gasteiger partial charge in [-0.05, 0) is 56.2 Å². The highest BCUT2D eigenvalue weighted by atomic mass is 16.5. The number of carbonyl (C=O) groups excluding carboxylic acids is 1. The van der Waals surface area contributed by atoms with Gasteiger partial charge in [0.05, 0.1) is 12.3 Å². The summed E-state index contributed by atoms with van der Waals surface area (Å²) >= 11 is 0. The quantitative estimate of drug-likeness (QED) is 0.712. The molecule has 1 fully saturated rings. The minimum Gasteiger partial charge on any atom is -0.494 e. The molecule has 0 spiro atoms. The zero-order valence-corrected chi connectivity index (χ0v) is 15.8. The van der Waals surface area contributed by atoms with Crippen LogP contribution in [0, 0.1) is 0 Å². The molecule has 7 nitrogen and oxygen atoms in total. The summed E-state index contributed by atoms with van der Waals surface area (Å²) in [7, 11) is 0. The molecule has 3 aromatic rings. The van der Waals surface area contributed by atoms with Crippen LogP contribution in [0.25, 0.3) is 16.9 Å². The third-order valence-corrected chi connectivity index (χ3v) is 4.92. The second-order valence-corrected chi connectivity index (χ2v) is 6.82. The van der Waals surface area contributed by atoms with Gasteiger partial charge in [-0.2, -0.15) is 0 Å². The number of benzene rings is 1. The number of nitrogens with zero attached hydrogens (tertiary/aromatic N) is 4. The van der Waals surface area contributed by atoms with Gasteiger partial charge in [0.1, 0.15) is 11.4 Å². The Hall–Kier alpha value is -3.22. The zero-order valence-electron chi connectivity index (χ0n) is 15.8. The summed E-state index contributed by atoms with van der Waals surface area (Å²) < 4.78 is 7.20. The Bertz CT molecular complexity index is 931. The van der Waals surface area contributed by atoms with E-state index in [1.807, 2.05) is 43.3 Å². The van der Waals surface area contributed by atoms with Crippen LogP contribution in [-0.4, -0.2) is 38.5 Å². The monoisotopic (exact) mass is 377 g/mol. The van der Waals surface area contributed by atoms with Crippen molar-refractivity contribution in [1.29, 1.82) is 0 Å². The maximum absolute atomic E-state index is 12.9. The first-order valence-electron chi connectivity index (χ1n) is 9.66. The number of rotatable bonds is 6. The first-order chi connectivity index (χ1) is 13.8. The Labute approximate surface area is 163 Å². The van der Waals surface area contributed by atoms with Crippen molar-refractivity contribution >= 4 is 5.91 Å². The number of amides is 1. The van der Waals surface area contributed by atoms with Crippen molar-refractivity contribution in [2.75, 3.05) is 6.61 Å². The Balaban J connectivity index is 1.72. The molecule has 0 unspecified atom stereocenters. The number of hydrogen-bond acceptors (Lipinski definition) is 5. The zero-order chi connectivity index (χ0) is 19.3. The molecule has 1 aliphatic rings. The second kappa shape index (κ2) is 8.21. The topological polar surface area (TPSA) is 81.9 Å². The van der Waals surface area contributed by atoms with Crippen LogP contribution in [0.3, 0.4) is 0 Å². The number of aromatic nitrogens is 4. The van der Waals surface area contributed by atoms with Crippen LogP contribution in [0.4, 0.5) is 0 Å². The molecule has 0 atom stereocenters. The third kappa shape index (κ3) is 3.74. The van der Waals surface area contributed by atoms with Gasteiger partial charge in [-0.1, -0.05) is 18.1 Å². The molecule has 144 valence electrons. The van der Waals surface area contributed by atoms with Crippen molar-refractivity contribution in [2.24, 2.45) is 0 Å². The van der Waals surface area contributed by atoms with Crippen molar-refractivity contribution < 1.29 is 9.53 Å². The minimum absolute atomic E-state index is 0.184. The maximum Gasteiger partial charge on any atom is 0.274 e. The van der Waals surface area contributed by atoms with Crippen LogP contribution in [0.5, 0.6) is 5.75 Å². The number of hydrogen-bond donors (Lipinski definition) is 1. The fraction of sp³-hybridized carbons (Fsp3) is 0.333. The second-order valence-electron chi connectivity index (χ2n) is 6.82. The van der Waals surface area contributed by atoms with Gasteiger partial charge >= 0.3 is 0 Å². The molecule has 1 aromatic carbocycles. The lowest BCUT2D eigenvalue weighted by atomic mass is 10.1. The molecule has 2 aromatic heterocycles. The van der Waals surface area contributed by atoms with Crippen LogP contribution in [0.1, 0.15) is 43.1 Å². The SMILES string of the molecule is CCOc1ccc(-n2nnc(C(=O)NC3CCCC3)c2-c2ccncc2)cc1. The lowest BCUT2D eigenvalue weighted by molar-refractivity contribution is 0.0933. The van der Waals surface area contributed by atoms with Crippen LogP contribution < -0.4 is 10.1 Å². The summed E-state index contributed by atoms with van der Waals surface area (Å²) in [6, 6.07) is 11.5. The van der Waals surface area contributed by atoms with Gasteiger partial charge in [0, 0.05) is 24.0 Å². The normalized spacial score (nSPS) is 14.2. The summed E-state index contributed by atoms with van der Waals surface area (Å²) in [6.07, 6.45) is 7.74. The Morgan fingerprint density at radius 2 is 1.86 bits per heavy atom. The van der Waals surface area contributed by atoms with E-state index in [1.54, 1.807) is 17.1 Å². The number of ether oxygens (including phenoxy) is 1. The summed E-state index contributed by atoms with van der Waals surface area (Å²) in [4.78, 5) is 17.0. The molecule has 28 heavy (non-hydrogen) atoms. The van der Waals surface area contributed by atoms with Crippen LogP contribution in [0.15, 0.2) is 48.8 Å². The molecule has 2 heterocycles. The molecule has 7 heteroatoms. The van der Waals surface area contributed by atoms with Crippen LogP contribution in [-0.2, 0) is 0 Å². The Morgan fingerprint density at radius 3 is 2.54 bits per heavy atom.